The number of amides is 1. The van der Waals surface area contributed by atoms with Crippen molar-refractivity contribution in [3.05, 3.63) is 30.2 Å². The van der Waals surface area contributed by atoms with Crippen LogP contribution in [-0.4, -0.2) is 24.0 Å². The molecule has 2 rings (SSSR count). The first-order valence-electron chi connectivity index (χ1n) is 4.77. The monoisotopic (exact) mass is 236 g/mol. The molecule has 1 amide bonds. The van der Waals surface area contributed by atoms with E-state index in [4.69, 9.17) is 0 Å². The van der Waals surface area contributed by atoms with Gasteiger partial charge in [0.1, 0.15) is 5.82 Å². The molecule has 0 unspecified atom stereocenters. The maximum atomic E-state index is 12.9. The van der Waals surface area contributed by atoms with E-state index in [0.717, 1.165) is 7.11 Å². The highest BCUT2D eigenvalue weighted by Gasteiger charge is 2.15. The summed E-state index contributed by atoms with van der Waals surface area (Å²) in [6.45, 7) is 0. The summed E-state index contributed by atoms with van der Waals surface area (Å²) in [4.78, 5) is 25.0. The number of aromatic nitrogens is 1. The minimum Gasteiger partial charge on any atom is -0.462 e. The third-order valence-electron chi connectivity index (χ3n) is 2.26. The molecule has 0 aliphatic carbocycles. The summed E-state index contributed by atoms with van der Waals surface area (Å²) in [5.74, 6) is -2.25. The van der Waals surface area contributed by atoms with Crippen molar-refractivity contribution >= 4 is 28.5 Å². The van der Waals surface area contributed by atoms with E-state index >= 15 is 0 Å². The van der Waals surface area contributed by atoms with Crippen molar-refractivity contribution in [1.29, 1.82) is 0 Å². The Hall–Kier alpha value is -2.37. The lowest BCUT2D eigenvalue weighted by molar-refractivity contribution is -0.150. The van der Waals surface area contributed by atoms with Crippen LogP contribution in [0.4, 0.5) is 10.1 Å². The molecule has 0 aliphatic rings. The average Bonchev–Trinajstić information content (AvgIpc) is 2.70. The van der Waals surface area contributed by atoms with Gasteiger partial charge < -0.3 is 15.0 Å². The molecule has 6 heteroatoms. The number of carbonyl (C=O) groups is 2. The maximum Gasteiger partial charge on any atom is 0.396 e. The minimum absolute atomic E-state index is 0.384. The Morgan fingerprint density at radius 2 is 2.18 bits per heavy atom. The smallest absolute Gasteiger partial charge is 0.396 e. The average molecular weight is 236 g/mol. The summed E-state index contributed by atoms with van der Waals surface area (Å²) < 4.78 is 17.2. The Kier molecular flexibility index (Phi) is 2.78. The van der Waals surface area contributed by atoms with Gasteiger partial charge in [-0.2, -0.15) is 0 Å². The summed E-state index contributed by atoms with van der Waals surface area (Å²) in [5, 5.41) is 2.98. The number of fused-ring (bicyclic) bond motifs is 1. The topological polar surface area (TPSA) is 71.2 Å². The predicted octanol–water partition coefficient (Wildman–Crippen LogP) is 1.42. The molecule has 1 heterocycles. The highest BCUT2D eigenvalue weighted by Crippen LogP contribution is 2.23. The Morgan fingerprint density at radius 3 is 2.88 bits per heavy atom. The van der Waals surface area contributed by atoms with Crippen molar-refractivity contribution in [3.63, 3.8) is 0 Å². The molecule has 5 nitrogen and oxygen atoms in total. The Bertz CT molecular complexity index is 591. The van der Waals surface area contributed by atoms with E-state index in [9.17, 15) is 14.0 Å². The Labute approximate surface area is 95.6 Å². The van der Waals surface area contributed by atoms with Crippen LogP contribution < -0.4 is 5.32 Å². The predicted molar refractivity (Wildman–Crippen MR) is 58.9 cm³/mol. The summed E-state index contributed by atoms with van der Waals surface area (Å²) in [6.07, 6.45) is 1.48. The van der Waals surface area contributed by atoms with Crippen LogP contribution >= 0.6 is 0 Å². The van der Waals surface area contributed by atoms with Gasteiger partial charge >= 0.3 is 11.9 Å². The Balaban J connectivity index is 2.31. The van der Waals surface area contributed by atoms with Gasteiger partial charge in [-0.1, -0.05) is 0 Å². The molecule has 88 valence electrons. The number of aromatic amines is 1. The number of nitrogens with one attached hydrogen (secondary N) is 2. The number of ether oxygens (including phenoxy) is 1. The zero-order valence-electron chi connectivity index (χ0n) is 8.91. The van der Waals surface area contributed by atoms with E-state index in [2.05, 4.69) is 15.0 Å². The molecule has 0 fully saturated rings. The van der Waals surface area contributed by atoms with Crippen LogP contribution in [0.3, 0.4) is 0 Å². The molecular formula is C11H9FN2O3. The molecule has 0 saturated heterocycles. The normalized spacial score (nSPS) is 10.2. The van der Waals surface area contributed by atoms with Gasteiger partial charge in [-0.05, 0) is 18.2 Å². The van der Waals surface area contributed by atoms with Gasteiger partial charge in [0.05, 0.1) is 18.3 Å². The lowest BCUT2D eigenvalue weighted by Gasteiger charge is -2.01. The summed E-state index contributed by atoms with van der Waals surface area (Å²) in [5.41, 5.74) is 0.931. The van der Waals surface area contributed by atoms with Crippen molar-refractivity contribution in [2.24, 2.45) is 0 Å². The van der Waals surface area contributed by atoms with Crippen LogP contribution in [0.15, 0.2) is 24.4 Å². The molecule has 17 heavy (non-hydrogen) atoms. The molecule has 2 aromatic rings. The van der Waals surface area contributed by atoms with E-state index in [0.29, 0.717) is 16.6 Å². The summed E-state index contributed by atoms with van der Waals surface area (Å²) in [7, 11) is 1.12. The van der Waals surface area contributed by atoms with Crippen LogP contribution in [0.2, 0.25) is 0 Å². The summed E-state index contributed by atoms with van der Waals surface area (Å²) >= 11 is 0. The number of rotatable bonds is 1. The van der Waals surface area contributed by atoms with Crippen LogP contribution in [-0.2, 0) is 14.3 Å². The molecule has 0 bridgehead atoms. The van der Waals surface area contributed by atoms with Gasteiger partial charge in [-0.25, -0.2) is 9.18 Å². The number of H-pyrrole nitrogens is 1. The third kappa shape index (κ3) is 2.10. The first kappa shape index (κ1) is 11.1. The Morgan fingerprint density at radius 1 is 1.41 bits per heavy atom. The highest BCUT2D eigenvalue weighted by molar-refractivity contribution is 6.37. The van der Waals surface area contributed by atoms with Crippen LogP contribution in [0.5, 0.6) is 0 Å². The lowest BCUT2D eigenvalue weighted by Crippen LogP contribution is -2.23. The van der Waals surface area contributed by atoms with Gasteiger partial charge in [-0.15, -0.1) is 0 Å². The van der Waals surface area contributed by atoms with E-state index in [1.807, 2.05) is 0 Å². The standard InChI is InChI=1S/C11H9FN2O3/c1-17-11(16)10(15)14-9-5-13-8-4-6(12)2-3-7(8)9/h2-5,13H,1H3,(H,14,15). The fourth-order valence-corrected chi connectivity index (χ4v) is 1.47. The SMILES string of the molecule is COC(=O)C(=O)Nc1c[nH]c2cc(F)ccc12. The van der Waals surface area contributed by atoms with Crippen molar-refractivity contribution in [3.8, 4) is 0 Å². The molecule has 0 aliphatic heterocycles. The molecule has 0 saturated carbocycles. The first-order chi connectivity index (χ1) is 8.11. The zero-order valence-corrected chi connectivity index (χ0v) is 8.91. The molecule has 1 aromatic carbocycles. The fraction of sp³-hybridized carbons (Fsp3) is 0.0909. The number of benzene rings is 1. The van der Waals surface area contributed by atoms with Gasteiger partial charge in [0.2, 0.25) is 0 Å². The number of methoxy groups -OCH3 is 1. The van der Waals surface area contributed by atoms with E-state index in [-0.39, 0.29) is 5.82 Å². The largest absolute Gasteiger partial charge is 0.462 e. The lowest BCUT2D eigenvalue weighted by atomic mass is 10.2. The summed E-state index contributed by atoms with van der Waals surface area (Å²) in [6, 6.07) is 4.07. The number of hydrogen-bond donors (Lipinski definition) is 2. The second-order valence-electron chi connectivity index (χ2n) is 3.34. The maximum absolute atomic E-state index is 12.9. The van der Waals surface area contributed by atoms with Crippen LogP contribution in [0, 0.1) is 5.82 Å². The minimum atomic E-state index is -0.985. The van der Waals surface area contributed by atoms with Crippen LogP contribution in [0.1, 0.15) is 0 Å². The van der Waals surface area contributed by atoms with Crippen molar-refractivity contribution in [2.45, 2.75) is 0 Å². The second-order valence-corrected chi connectivity index (χ2v) is 3.34. The molecule has 0 atom stereocenters. The third-order valence-corrected chi connectivity index (χ3v) is 2.26. The van der Waals surface area contributed by atoms with Crippen molar-refractivity contribution in [1.82, 2.24) is 4.98 Å². The number of anilines is 1. The quantitative estimate of drug-likeness (QED) is 0.581. The van der Waals surface area contributed by atoms with Crippen molar-refractivity contribution in [2.75, 3.05) is 12.4 Å². The molecule has 0 spiro atoms. The highest BCUT2D eigenvalue weighted by atomic mass is 19.1. The zero-order chi connectivity index (χ0) is 12.4. The second kappa shape index (κ2) is 4.25. The van der Waals surface area contributed by atoms with Gasteiger partial charge in [0.15, 0.2) is 0 Å². The molecule has 0 radical (unpaired) electrons. The molecule has 2 N–H and O–H groups in total. The van der Waals surface area contributed by atoms with Gasteiger partial charge in [0, 0.05) is 11.6 Å². The number of hydrogen-bond acceptors (Lipinski definition) is 3. The first-order valence-corrected chi connectivity index (χ1v) is 4.77. The number of esters is 1. The fourth-order valence-electron chi connectivity index (χ4n) is 1.47. The van der Waals surface area contributed by atoms with Gasteiger partial charge in [0.25, 0.3) is 0 Å². The van der Waals surface area contributed by atoms with E-state index in [1.165, 1.54) is 24.4 Å². The van der Waals surface area contributed by atoms with E-state index in [1.54, 1.807) is 0 Å². The van der Waals surface area contributed by atoms with Crippen LogP contribution in [0.25, 0.3) is 10.9 Å². The van der Waals surface area contributed by atoms with Gasteiger partial charge in [-0.3, -0.25) is 4.79 Å². The molecule has 1 aromatic heterocycles. The number of carbonyl (C=O) groups excluding carboxylic acids is 2. The van der Waals surface area contributed by atoms with E-state index < -0.39 is 11.9 Å². The number of halogens is 1. The van der Waals surface area contributed by atoms with Crippen molar-refractivity contribution < 1.29 is 18.7 Å². The molecular weight excluding hydrogens is 227 g/mol.